The molecule has 1 unspecified atom stereocenters. The van der Waals surface area contributed by atoms with Gasteiger partial charge in [-0.05, 0) is 57.5 Å². The topological polar surface area (TPSA) is 28.2 Å². The molecule has 18 heavy (non-hydrogen) atoms. The molecule has 0 aliphatic carbocycles. The smallest absolute Gasteiger partial charge is 0.0572 e. The van der Waals surface area contributed by atoms with E-state index in [1.54, 1.807) is 0 Å². The quantitative estimate of drug-likeness (QED) is 0.866. The minimum Gasteiger partial charge on any atom is -0.317 e. The van der Waals surface area contributed by atoms with Crippen molar-refractivity contribution in [3.8, 4) is 0 Å². The highest BCUT2D eigenvalue weighted by Gasteiger charge is 2.20. The minimum atomic E-state index is 0.422. The second-order valence-electron chi connectivity index (χ2n) is 5.21. The van der Waals surface area contributed by atoms with Crippen molar-refractivity contribution >= 4 is 0 Å². The zero-order valence-corrected chi connectivity index (χ0v) is 11.6. The molecule has 1 atom stereocenters. The first-order valence-corrected chi connectivity index (χ1v) is 7.17. The number of nitrogens with zero attached hydrogens (tertiary/aromatic N) is 2. The molecule has 2 rings (SSSR count). The van der Waals surface area contributed by atoms with Crippen molar-refractivity contribution in [2.24, 2.45) is 5.92 Å². The van der Waals surface area contributed by atoms with Crippen LogP contribution in [-0.4, -0.2) is 36.1 Å². The molecular weight excluding hydrogens is 222 g/mol. The van der Waals surface area contributed by atoms with E-state index < -0.39 is 0 Å². The maximum absolute atomic E-state index is 4.49. The molecule has 2 heterocycles. The van der Waals surface area contributed by atoms with E-state index in [-0.39, 0.29) is 0 Å². The van der Waals surface area contributed by atoms with Gasteiger partial charge in [0.2, 0.25) is 0 Å². The van der Waals surface area contributed by atoms with Gasteiger partial charge in [-0.2, -0.15) is 0 Å². The Kier molecular flexibility index (Phi) is 5.14. The van der Waals surface area contributed by atoms with E-state index in [0.29, 0.717) is 6.04 Å². The third kappa shape index (κ3) is 3.53. The molecule has 0 amide bonds. The summed E-state index contributed by atoms with van der Waals surface area (Å²) in [7, 11) is 0. The van der Waals surface area contributed by atoms with Crippen LogP contribution in [0.1, 0.15) is 38.4 Å². The zero-order chi connectivity index (χ0) is 12.8. The fraction of sp³-hybridized carbons (Fsp3) is 0.667. The summed E-state index contributed by atoms with van der Waals surface area (Å²) < 4.78 is 0. The molecule has 1 saturated heterocycles. The van der Waals surface area contributed by atoms with Gasteiger partial charge in [-0.3, -0.25) is 9.88 Å². The number of piperidine rings is 1. The van der Waals surface area contributed by atoms with Crippen LogP contribution in [0.15, 0.2) is 24.4 Å². The van der Waals surface area contributed by atoms with Gasteiger partial charge in [0.25, 0.3) is 0 Å². The van der Waals surface area contributed by atoms with Crippen molar-refractivity contribution in [3.05, 3.63) is 30.1 Å². The molecule has 0 radical (unpaired) electrons. The van der Waals surface area contributed by atoms with E-state index in [0.717, 1.165) is 12.5 Å². The van der Waals surface area contributed by atoms with E-state index >= 15 is 0 Å². The van der Waals surface area contributed by atoms with E-state index in [9.17, 15) is 0 Å². The van der Waals surface area contributed by atoms with Gasteiger partial charge in [0.15, 0.2) is 0 Å². The number of pyridine rings is 1. The van der Waals surface area contributed by atoms with Crippen molar-refractivity contribution in [1.29, 1.82) is 0 Å². The number of hydrogen-bond donors (Lipinski definition) is 1. The summed E-state index contributed by atoms with van der Waals surface area (Å²) in [6.07, 6.45) is 4.51. The van der Waals surface area contributed by atoms with Crippen LogP contribution >= 0.6 is 0 Å². The Morgan fingerprint density at radius 1 is 1.39 bits per heavy atom. The lowest BCUT2D eigenvalue weighted by Gasteiger charge is -2.33. The highest BCUT2D eigenvalue weighted by Crippen LogP contribution is 2.21. The molecule has 1 aliphatic heterocycles. The molecule has 0 aromatic carbocycles. The summed E-state index contributed by atoms with van der Waals surface area (Å²) in [5.74, 6) is 0.845. The molecule has 100 valence electrons. The van der Waals surface area contributed by atoms with Gasteiger partial charge >= 0.3 is 0 Å². The number of nitrogens with one attached hydrogen (secondary N) is 1. The molecule has 1 aromatic rings. The van der Waals surface area contributed by atoms with Crippen molar-refractivity contribution in [2.45, 2.75) is 32.7 Å². The zero-order valence-electron chi connectivity index (χ0n) is 11.6. The monoisotopic (exact) mass is 247 g/mol. The molecule has 1 aromatic heterocycles. The lowest BCUT2D eigenvalue weighted by atomic mass is 9.96. The fourth-order valence-corrected chi connectivity index (χ4v) is 2.77. The Hall–Kier alpha value is -0.930. The average Bonchev–Trinajstić information content (AvgIpc) is 2.46. The Labute approximate surface area is 111 Å². The Balaban J connectivity index is 1.95. The summed E-state index contributed by atoms with van der Waals surface area (Å²) in [5.41, 5.74) is 1.19. The first-order valence-electron chi connectivity index (χ1n) is 7.17. The Morgan fingerprint density at radius 3 is 2.78 bits per heavy atom. The average molecular weight is 247 g/mol. The van der Waals surface area contributed by atoms with Crippen LogP contribution in [0.3, 0.4) is 0 Å². The predicted octanol–water partition coefficient (Wildman–Crippen LogP) is 2.46. The molecule has 3 nitrogen and oxygen atoms in total. The van der Waals surface area contributed by atoms with E-state index in [4.69, 9.17) is 0 Å². The first kappa shape index (κ1) is 13.5. The van der Waals surface area contributed by atoms with Crippen molar-refractivity contribution in [3.63, 3.8) is 0 Å². The lowest BCUT2D eigenvalue weighted by Crippen LogP contribution is -2.37. The Bertz CT molecular complexity index is 333. The predicted molar refractivity (Wildman–Crippen MR) is 75.5 cm³/mol. The molecule has 1 N–H and O–H groups in total. The highest BCUT2D eigenvalue weighted by molar-refractivity contribution is 5.08. The normalized spacial score (nSPS) is 19.1. The van der Waals surface area contributed by atoms with Crippen molar-refractivity contribution in [2.75, 3.05) is 26.2 Å². The summed E-state index contributed by atoms with van der Waals surface area (Å²) in [5, 5.41) is 3.44. The molecule has 1 fully saturated rings. The fourth-order valence-electron chi connectivity index (χ4n) is 2.77. The second-order valence-corrected chi connectivity index (χ2v) is 5.21. The van der Waals surface area contributed by atoms with Crippen LogP contribution in [-0.2, 0) is 0 Å². The molecular formula is C15H25N3. The van der Waals surface area contributed by atoms with Crippen LogP contribution in [0.25, 0.3) is 0 Å². The SMILES string of the molecule is CCN(CC1CCNCC1)C(C)c1ccccn1. The standard InChI is InChI=1S/C15H25N3/c1-3-18(12-14-7-10-16-11-8-14)13(2)15-6-4-5-9-17-15/h4-6,9,13-14,16H,3,7-8,10-12H2,1-2H3. The van der Waals surface area contributed by atoms with Crippen LogP contribution in [0.5, 0.6) is 0 Å². The lowest BCUT2D eigenvalue weighted by molar-refractivity contribution is 0.166. The van der Waals surface area contributed by atoms with Gasteiger partial charge in [0, 0.05) is 18.8 Å². The largest absolute Gasteiger partial charge is 0.317 e. The molecule has 0 saturated carbocycles. The third-order valence-corrected chi connectivity index (χ3v) is 4.02. The Morgan fingerprint density at radius 2 is 2.17 bits per heavy atom. The minimum absolute atomic E-state index is 0.422. The van der Waals surface area contributed by atoms with Crippen LogP contribution in [0, 0.1) is 5.92 Å². The van der Waals surface area contributed by atoms with Crippen molar-refractivity contribution < 1.29 is 0 Å². The van der Waals surface area contributed by atoms with Gasteiger partial charge in [0.1, 0.15) is 0 Å². The second kappa shape index (κ2) is 6.86. The molecule has 0 bridgehead atoms. The van der Waals surface area contributed by atoms with Crippen LogP contribution < -0.4 is 5.32 Å². The van der Waals surface area contributed by atoms with E-state index in [1.165, 1.54) is 38.2 Å². The first-order chi connectivity index (χ1) is 8.81. The summed E-state index contributed by atoms with van der Waals surface area (Å²) in [6, 6.07) is 6.62. The van der Waals surface area contributed by atoms with Gasteiger partial charge in [-0.25, -0.2) is 0 Å². The molecule has 3 heteroatoms. The summed E-state index contributed by atoms with van der Waals surface area (Å²) in [6.45, 7) is 9.19. The maximum atomic E-state index is 4.49. The van der Waals surface area contributed by atoms with Crippen molar-refractivity contribution in [1.82, 2.24) is 15.2 Å². The number of rotatable bonds is 5. The van der Waals surface area contributed by atoms with Gasteiger partial charge < -0.3 is 5.32 Å². The van der Waals surface area contributed by atoms with Gasteiger partial charge in [0.05, 0.1) is 5.69 Å². The number of aromatic nitrogens is 1. The molecule has 1 aliphatic rings. The van der Waals surface area contributed by atoms with Gasteiger partial charge in [-0.1, -0.05) is 13.0 Å². The van der Waals surface area contributed by atoms with Gasteiger partial charge in [-0.15, -0.1) is 0 Å². The third-order valence-electron chi connectivity index (χ3n) is 4.02. The maximum Gasteiger partial charge on any atom is 0.0572 e. The van der Waals surface area contributed by atoms with E-state index in [1.807, 2.05) is 12.3 Å². The summed E-state index contributed by atoms with van der Waals surface area (Å²) in [4.78, 5) is 7.04. The van der Waals surface area contributed by atoms with Crippen LogP contribution in [0.4, 0.5) is 0 Å². The number of hydrogen-bond acceptors (Lipinski definition) is 3. The summed E-state index contributed by atoms with van der Waals surface area (Å²) >= 11 is 0. The highest BCUT2D eigenvalue weighted by atomic mass is 15.2. The van der Waals surface area contributed by atoms with E-state index in [2.05, 4.69) is 41.2 Å². The molecule has 0 spiro atoms. The van der Waals surface area contributed by atoms with Crippen LogP contribution in [0.2, 0.25) is 0 Å².